The monoisotopic (exact) mass is 461 g/mol. The molecule has 3 aromatic rings. The fraction of sp³-hybridized carbons (Fsp3) is 0.360. The number of nitrogens with zero attached hydrogens (tertiary/aromatic N) is 4. The Kier molecular flexibility index (Phi) is 6.17. The highest BCUT2D eigenvalue weighted by molar-refractivity contribution is 7.99. The van der Waals surface area contributed by atoms with E-state index in [-0.39, 0.29) is 17.4 Å². The molecule has 0 bridgehead atoms. The standard InChI is InChI=1S/C25H27N5O2S/c1-17-5-9-20(10-6-17)30-24(29-13-3-2-4-14-29)27-28-25(30)33-16-22(31)19-7-11-21-18(15-19)8-12-23(32)26-21/h5-7,9-11,15H,2-4,8,12-14,16H2,1H3,(H,26,32). The van der Waals surface area contributed by atoms with Crippen molar-refractivity contribution in [3.8, 4) is 5.69 Å². The average Bonchev–Trinajstić information content (AvgIpc) is 3.27. The second-order valence-electron chi connectivity index (χ2n) is 8.63. The number of aryl methyl sites for hydroxylation is 2. The van der Waals surface area contributed by atoms with E-state index in [1.807, 2.05) is 12.1 Å². The van der Waals surface area contributed by atoms with Crippen LogP contribution in [0.3, 0.4) is 0 Å². The van der Waals surface area contributed by atoms with Crippen molar-refractivity contribution in [2.75, 3.05) is 29.1 Å². The molecule has 2 aliphatic rings. The molecule has 8 heteroatoms. The normalized spacial score (nSPS) is 15.8. The third kappa shape index (κ3) is 4.66. The van der Waals surface area contributed by atoms with Gasteiger partial charge in [0, 0.05) is 30.8 Å². The van der Waals surface area contributed by atoms with Gasteiger partial charge >= 0.3 is 0 Å². The van der Waals surface area contributed by atoms with Gasteiger partial charge < -0.3 is 10.2 Å². The summed E-state index contributed by atoms with van der Waals surface area (Å²) in [6.45, 7) is 4.01. The van der Waals surface area contributed by atoms with Gasteiger partial charge in [0.15, 0.2) is 10.9 Å². The lowest BCUT2D eigenvalue weighted by atomic mass is 9.99. The van der Waals surface area contributed by atoms with Gasteiger partial charge in [0.2, 0.25) is 11.9 Å². The molecule has 1 amide bonds. The van der Waals surface area contributed by atoms with Gasteiger partial charge in [0.1, 0.15) is 0 Å². The summed E-state index contributed by atoms with van der Waals surface area (Å²) in [7, 11) is 0. The lowest BCUT2D eigenvalue weighted by molar-refractivity contribution is -0.116. The third-order valence-electron chi connectivity index (χ3n) is 6.20. The van der Waals surface area contributed by atoms with E-state index in [9.17, 15) is 9.59 Å². The van der Waals surface area contributed by atoms with Crippen LogP contribution in [0.25, 0.3) is 5.69 Å². The first-order valence-corrected chi connectivity index (χ1v) is 12.4. The number of benzene rings is 2. The molecule has 0 unspecified atom stereocenters. The van der Waals surface area contributed by atoms with E-state index in [4.69, 9.17) is 0 Å². The van der Waals surface area contributed by atoms with Gasteiger partial charge in [0.05, 0.1) is 11.4 Å². The van der Waals surface area contributed by atoms with Crippen molar-refractivity contribution in [3.05, 3.63) is 59.2 Å². The molecule has 3 heterocycles. The van der Waals surface area contributed by atoms with Crippen LogP contribution in [0.2, 0.25) is 0 Å². The van der Waals surface area contributed by atoms with Crippen molar-refractivity contribution in [1.82, 2.24) is 14.8 Å². The Bertz CT molecular complexity index is 1180. The molecular weight excluding hydrogens is 434 g/mol. The summed E-state index contributed by atoms with van der Waals surface area (Å²) in [4.78, 5) is 26.9. The van der Waals surface area contributed by atoms with Gasteiger partial charge in [-0.1, -0.05) is 29.5 Å². The topological polar surface area (TPSA) is 80.1 Å². The number of rotatable bonds is 6. The van der Waals surface area contributed by atoms with Gasteiger partial charge in [0.25, 0.3) is 0 Å². The number of piperidine rings is 1. The van der Waals surface area contributed by atoms with Crippen LogP contribution >= 0.6 is 11.8 Å². The van der Waals surface area contributed by atoms with Gasteiger partial charge in [-0.2, -0.15) is 0 Å². The molecule has 0 atom stereocenters. The van der Waals surface area contributed by atoms with E-state index in [1.165, 1.54) is 23.7 Å². The molecule has 1 fully saturated rings. The SMILES string of the molecule is Cc1ccc(-n2c(SCC(=O)c3ccc4c(c3)CCC(=O)N4)nnc2N2CCCCC2)cc1. The quantitative estimate of drug-likeness (QED) is 0.432. The van der Waals surface area contributed by atoms with Gasteiger partial charge in [-0.05, 0) is 68.5 Å². The summed E-state index contributed by atoms with van der Waals surface area (Å²) in [5, 5.41) is 12.6. The molecule has 1 N–H and O–H groups in total. The number of anilines is 2. The number of Topliss-reactive ketones (excluding diaryl/α,β-unsaturated/α-hetero) is 1. The Labute approximate surface area is 197 Å². The molecule has 33 heavy (non-hydrogen) atoms. The molecule has 0 spiro atoms. The molecule has 0 aliphatic carbocycles. The van der Waals surface area contributed by atoms with E-state index in [1.54, 1.807) is 6.07 Å². The molecule has 170 valence electrons. The molecule has 0 saturated carbocycles. The summed E-state index contributed by atoms with van der Waals surface area (Å²) in [5.74, 6) is 1.18. The first-order chi connectivity index (χ1) is 16.1. The molecule has 2 aliphatic heterocycles. The molecule has 5 rings (SSSR count). The van der Waals surface area contributed by atoms with E-state index in [2.05, 4.69) is 56.2 Å². The highest BCUT2D eigenvalue weighted by atomic mass is 32.2. The maximum Gasteiger partial charge on any atom is 0.232 e. The largest absolute Gasteiger partial charge is 0.341 e. The van der Waals surface area contributed by atoms with Crippen LogP contribution in [0.1, 0.15) is 47.2 Å². The van der Waals surface area contributed by atoms with Gasteiger partial charge in [-0.15, -0.1) is 10.2 Å². The van der Waals surface area contributed by atoms with E-state index >= 15 is 0 Å². The highest BCUT2D eigenvalue weighted by Gasteiger charge is 2.23. The first kappa shape index (κ1) is 21.7. The second-order valence-corrected chi connectivity index (χ2v) is 9.58. The van der Waals surface area contributed by atoms with Crippen LogP contribution < -0.4 is 10.2 Å². The van der Waals surface area contributed by atoms with Gasteiger partial charge in [-0.25, -0.2) is 0 Å². The highest BCUT2D eigenvalue weighted by Crippen LogP contribution is 2.30. The van der Waals surface area contributed by atoms with Crippen LogP contribution in [0, 0.1) is 6.92 Å². The van der Waals surface area contributed by atoms with Crippen LogP contribution in [-0.2, 0) is 11.2 Å². The van der Waals surface area contributed by atoms with Crippen molar-refractivity contribution >= 4 is 35.1 Å². The molecule has 1 aromatic heterocycles. The fourth-order valence-electron chi connectivity index (χ4n) is 4.34. The van der Waals surface area contributed by atoms with Crippen LogP contribution in [-0.4, -0.2) is 45.3 Å². The number of thioether (sulfide) groups is 1. The minimum Gasteiger partial charge on any atom is -0.341 e. The Balaban J connectivity index is 1.38. The number of amides is 1. The smallest absolute Gasteiger partial charge is 0.232 e. The number of carbonyl (C=O) groups excluding carboxylic acids is 2. The summed E-state index contributed by atoms with van der Waals surface area (Å²) in [5.41, 5.74) is 4.68. The predicted molar refractivity (Wildman–Crippen MR) is 131 cm³/mol. The zero-order valence-corrected chi connectivity index (χ0v) is 19.5. The molecule has 2 aromatic carbocycles. The lowest BCUT2D eigenvalue weighted by Crippen LogP contribution is -2.31. The Hall–Kier alpha value is -3.13. The van der Waals surface area contributed by atoms with Crippen molar-refractivity contribution in [3.63, 3.8) is 0 Å². The van der Waals surface area contributed by atoms with Crippen molar-refractivity contribution in [2.24, 2.45) is 0 Å². The van der Waals surface area contributed by atoms with Crippen LogP contribution in [0.4, 0.5) is 11.6 Å². The third-order valence-corrected chi connectivity index (χ3v) is 7.13. The maximum atomic E-state index is 13.0. The van der Waals surface area contributed by atoms with E-state index < -0.39 is 0 Å². The molecule has 0 radical (unpaired) electrons. The second kappa shape index (κ2) is 9.39. The van der Waals surface area contributed by atoms with Crippen molar-refractivity contribution < 1.29 is 9.59 Å². The van der Waals surface area contributed by atoms with Crippen molar-refractivity contribution in [2.45, 2.75) is 44.2 Å². The first-order valence-electron chi connectivity index (χ1n) is 11.4. The maximum absolute atomic E-state index is 13.0. The molecule has 1 saturated heterocycles. The summed E-state index contributed by atoms with van der Waals surface area (Å²) in [6.07, 6.45) is 4.67. The zero-order valence-electron chi connectivity index (χ0n) is 18.7. The number of ketones is 1. The Morgan fingerprint density at radius 2 is 1.82 bits per heavy atom. The number of fused-ring (bicyclic) bond motifs is 1. The minimum atomic E-state index is 0.0251. The summed E-state index contributed by atoms with van der Waals surface area (Å²) < 4.78 is 2.07. The Morgan fingerprint density at radius 1 is 1.03 bits per heavy atom. The number of nitrogens with one attached hydrogen (secondary N) is 1. The van der Waals surface area contributed by atoms with Crippen molar-refractivity contribution in [1.29, 1.82) is 0 Å². The van der Waals surface area contributed by atoms with Crippen LogP contribution in [0.15, 0.2) is 47.6 Å². The molecule has 7 nitrogen and oxygen atoms in total. The van der Waals surface area contributed by atoms with Crippen LogP contribution in [0.5, 0.6) is 0 Å². The number of carbonyl (C=O) groups is 2. The average molecular weight is 462 g/mol. The predicted octanol–water partition coefficient (Wildman–Crippen LogP) is 4.43. The number of aromatic nitrogens is 3. The molecular formula is C25H27N5O2S. The zero-order chi connectivity index (χ0) is 22.8. The van der Waals surface area contributed by atoms with Gasteiger partial charge in [-0.3, -0.25) is 14.2 Å². The Morgan fingerprint density at radius 3 is 2.61 bits per heavy atom. The number of hydrogen-bond acceptors (Lipinski definition) is 6. The van der Waals surface area contributed by atoms with E-state index in [0.29, 0.717) is 18.4 Å². The summed E-state index contributed by atoms with van der Waals surface area (Å²) in [6, 6.07) is 13.8. The lowest BCUT2D eigenvalue weighted by Gasteiger charge is -2.27. The van der Waals surface area contributed by atoms with E-state index in [0.717, 1.165) is 54.0 Å². The summed E-state index contributed by atoms with van der Waals surface area (Å²) >= 11 is 1.42. The fourth-order valence-corrected chi connectivity index (χ4v) is 5.19. The number of hydrogen-bond donors (Lipinski definition) is 1. The minimum absolute atomic E-state index is 0.0251.